The van der Waals surface area contributed by atoms with E-state index in [0.29, 0.717) is 0 Å². The Bertz CT molecular complexity index is 49.0. The van der Waals surface area contributed by atoms with Gasteiger partial charge in [0, 0.05) is 6.92 Å². The number of carboxylic acids is 1. The average molecular weight is 139 g/mol. The Morgan fingerprint density at radius 2 is 1.22 bits per heavy atom. The van der Waals surface area contributed by atoms with E-state index in [0.717, 1.165) is 6.92 Å². The van der Waals surface area contributed by atoms with E-state index in [1.54, 1.807) is 0 Å². The largest absolute Gasteiger partial charge is 1.00 e. The van der Waals surface area contributed by atoms with Gasteiger partial charge in [-0.05, 0) is 0 Å². The fourth-order valence-electron chi connectivity index (χ4n) is 0. The van der Waals surface area contributed by atoms with Gasteiger partial charge in [-0.1, -0.05) is 0 Å². The van der Waals surface area contributed by atoms with Gasteiger partial charge in [0.25, 0.3) is 5.97 Å². The van der Waals surface area contributed by atoms with Gasteiger partial charge in [-0.25, -0.2) is 0 Å². The topological polar surface area (TPSA) is 37.3 Å². The first kappa shape index (κ1) is 23.1. The van der Waals surface area contributed by atoms with Crippen molar-refractivity contribution in [3.8, 4) is 0 Å². The zero-order valence-corrected chi connectivity index (χ0v) is 8.18. The molecule has 0 saturated heterocycles. The first-order valence-electron chi connectivity index (χ1n) is 1.93. The van der Waals surface area contributed by atoms with Crippen LogP contribution in [-0.2, 0) is 4.79 Å². The average Bonchev–Trinajstić information content (AvgIpc) is 1.75. The summed E-state index contributed by atoms with van der Waals surface area (Å²) < 4.78 is 0. The molecule has 0 aromatic carbocycles. The van der Waals surface area contributed by atoms with Gasteiger partial charge in [0.2, 0.25) is 0 Å². The fraction of sp³-hybridized carbons (Fsp3) is 0.167. The summed E-state index contributed by atoms with van der Waals surface area (Å²) in [4.78, 5) is 9.00. The Hall–Kier alpha value is -0.0500. The molecule has 3 heteroatoms. The monoisotopic (exact) mass is 139 g/mol. The number of aliphatic carboxylic acids is 1. The van der Waals surface area contributed by atoms with Crippen LogP contribution in [-0.4, -0.2) is 11.1 Å². The molecular weight excluding hydrogens is 127 g/mol. The second-order valence-electron chi connectivity index (χ2n) is 0.519. The molecule has 0 bridgehead atoms. The van der Waals surface area contributed by atoms with Crippen LogP contribution < -0.4 is 29.6 Å². The Morgan fingerprint density at radius 1 is 1.22 bits per heavy atom. The van der Waals surface area contributed by atoms with Crippen LogP contribution in [0.1, 0.15) is 6.92 Å². The van der Waals surface area contributed by atoms with E-state index in [2.05, 4.69) is 26.3 Å². The minimum Gasteiger partial charge on any atom is -0.481 e. The van der Waals surface area contributed by atoms with E-state index in [4.69, 9.17) is 9.90 Å². The van der Waals surface area contributed by atoms with Crippen molar-refractivity contribution in [3.63, 3.8) is 0 Å². The molecule has 0 unspecified atom stereocenters. The van der Waals surface area contributed by atoms with Crippen molar-refractivity contribution >= 4 is 5.97 Å². The number of hydrogen-bond donors (Lipinski definition) is 1. The second-order valence-corrected chi connectivity index (χ2v) is 0.519. The fourth-order valence-corrected chi connectivity index (χ4v) is 0. The molecule has 0 aromatic rings. The molecule has 0 saturated carbocycles. The Balaban J connectivity index is -0.0000000221. The van der Waals surface area contributed by atoms with Gasteiger partial charge in [0.15, 0.2) is 0 Å². The minimum absolute atomic E-state index is 0. The summed E-state index contributed by atoms with van der Waals surface area (Å²) in [7, 11) is 0. The van der Waals surface area contributed by atoms with Gasteiger partial charge < -0.3 is 5.11 Å². The predicted octanol–water partition coefficient (Wildman–Crippen LogP) is -1.30. The third kappa shape index (κ3) is 113000. The molecule has 0 radical (unpaired) electrons. The maximum Gasteiger partial charge on any atom is 1.00 e. The van der Waals surface area contributed by atoms with E-state index in [1.807, 2.05) is 0 Å². The molecule has 2 nitrogen and oxygen atoms in total. The zero-order chi connectivity index (χ0) is 7.58. The quantitative estimate of drug-likeness (QED) is 0.334. The van der Waals surface area contributed by atoms with Crippen LogP contribution in [0.4, 0.5) is 0 Å². The van der Waals surface area contributed by atoms with Crippen LogP contribution in [0.5, 0.6) is 0 Å². The Morgan fingerprint density at radius 3 is 1.22 bits per heavy atom. The Kier molecular flexibility index (Phi) is 113. The van der Waals surface area contributed by atoms with Gasteiger partial charge in [-0.3, -0.25) is 4.79 Å². The van der Waals surface area contributed by atoms with Crippen LogP contribution in [0.25, 0.3) is 0 Å². The summed E-state index contributed by atoms with van der Waals surface area (Å²) in [6.45, 7) is 13.1. The van der Waals surface area contributed by atoms with Gasteiger partial charge >= 0.3 is 29.6 Å². The molecule has 0 fully saturated rings. The molecule has 0 aliphatic heterocycles. The van der Waals surface area contributed by atoms with Crippen molar-refractivity contribution in [2.75, 3.05) is 0 Å². The van der Waals surface area contributed by atoms with Crippen LogP contribution >= 0.6 is 0 Å². The number of hydrogen-bond acceptors (Lipinski definition) is 1. The molecule has 0 aliphatic carbocycles. The zero-order valence-electron chi connectivity index (χ0n) is 6.18. The van der Waals surface area contributed by atoms with E-state index in [9.17, 15) is 0 Å². The SMILES string of the molecule is C=C.C=C.CC(=O)O.[Na+]. The second kappa shape index (κ2) is 44.1. The molecule has 1 N–H and O–H groups in total. The molecule has 0 aromatic heterocycles. The number of rotatable bonds is 0. The first-order chi connectivity index (χ1) is 3.73. The van der Waals surface area contributed by atoms with Crippen molar-refractivity contribution in [1.82, 2.24) is 0 Å². The third-order valence-electron chi connectivity index (χ3n) is 0. The van der Waals surface area contributed by atoms with Gasteiger partial charge in [-0.2, -0.15) is 0 Å². The summed E-state index contributed by atoms with van der Waals surface area (Å²) in [5.41, 5.74) is 0. The smallest absolute Gasteiger partial charge is 0.481 e. The van der Waals surface area contributed by atoms with Crippen molar-refractivity contribution in [2.24, 2.45) is 0 Å². The molecule has 48 valence electrons. The molecule has 0 atom stereocenters. The summed E-state index contributed by atoms with van der Waals surface area (Å²) in [5, 5.41) is 7.42. The molecular formula is C6H12NaO2+. The standard InChI is InChI=1S/C2H4O2.2C2H4.Na/c1-2(3)4;2*1-2;/h1H3,(H,3,4);2*1-2H2;/q;;;+1. The van der Waals surface area contributed by atoms with E-state index in [-0.39, 0.29) is 29.6 Å². The molecule has 0 spiro atoms. The van der Waals surface area contributed by atoms with Crippen LogP contribution in [0, 0.1) is 0 Å². The van der Waals surface area contributed by atoms with Crippen LogP contribution in [0.2, 0.25) is 0 Å². The molecule has 0 aliphatic rings. The van der Waals surface area contributed by atoms with E-state index >= 15 is 0 Å². The molecule has 0 amide bonds. The molecule has 9 heavy (non-hydrogen) atoms. The van der Waals surface area contributed by atoms with E-state index < -0.39 is 5.97 Å². The minimum atomic E-state index is -0.833. The summed E-state index contributed by atoms with van der Waals surface area (Å²) in [6, 6.07) is 0. The summed E-state index contributed by atoms with van der Waals surface area (Å²) in [6.07, 6.45) is 0. The summed E-state index contributed by atoms with van der Waals surface area (Å²) in [5.74, 6) is -0.833. The van der Waals surface area contributed by atoms with Crippen molar-refractivity contribution in [2.45, 2.75) is 6.92 Å². The van der Waals surface area contributed by atoms with Crippen LogP contribution in [0.3, 0.4) is 0 Å². The normalized spacial score (nSPS) is 3.67. The molecule has 0 rings (SSSR count). The van der Waals surface area contributed by atoms with Gasteiger partial charge in [0.05, 0.1) is 0 Å². The predicted molar refractivity (Wildman–Crippen MR) is 35.8 cm³/mol. The van der Waals surface area contributed by atoms with E-state index in [1.165, 1.54) is 0 Å². The van der Waals surface area contributed by atoms with Gasteiger partial charge in [-0.15, -0.1) is 26.3 Å². The third-order valence-corrected chi connectivity index (χ3v) is 0. The maximum absolute atomic E-state index is 9.00. The maximum atomic E-state index is 9.00. The van der Waals surface area contributed by atoms with Crippen molar-refractivity contribution in [3.05, 3.63) is 26.3 Å². The first-order valence-corrected chi connectivity index (χ1v) is 1.93. The molecule has 0 heterocycles. The number of carbonyl (C=O) groups is 1. The van der Waals surface area contributed by atoms with Gasteiger partial charge in [0.1, 0.15) is 0 Å². The van der Waals surface area contributed by atoms with Crippen LogP contribution in [0.15, 0.2) is 26.3 Å². The van der Waals surface area contributed by atoms with Crippen molar-refractivity contribution < 1.29 is 39.5 Å². The van der Waals surface area contributed by atoms with Crippen molar-refractivity contribution in [1.29, 1.82) is 0 Å². The Labute approximate surface area is 78.6 Å². The summed E-state index contributed by atoms with van der Waals surface area (Å²) >= 11 is 0. The number of carboxylic acid groups (broad SMARTS) is 1.